The molecular formula is C12H12N6. The molecule has 18 heavy (non-hydrogen) atoms. The number of anilines is 2. The van der Waals surface area contributed by atoms with Crippen molar-refractivity contribution in [2.24, 2.45) is 5.84 Å². The van der Waals surface area contributed by atoms with Crippen LogP contribution in [0.4, 0.5) is 11.6 Å². The molecule has 0 saturated carbocycles. The highest BCUT2D eigenvalue weighted by Crippen LogP contribution is 2.08. The monoisotopic (exact) mass is 240 g/mol. The Bertz CT molecular complexity index is 582. The van der Waals surface area contributed by atoms with Crippen LogP contribution in [-0.2, 0) is 0 Å². The smallest absolute Gasteiger partial charge is 0.219 e. The molecule has 0 aliphatic rings. The zero-order valence-electron chi connectivity index (χ0n) is 9.51. The maximum atomic E-state index is 5.39. The van der Waals surface area contributed by atoms with Gasteiger partial charge in [-0.1, -0.05) is 17.9 Å². The third-order valence-electron chi connectivity index (χ3n) is 2.10. The summed E-state index contributed by atoms with van der Waals surface area (Å²) in [5, 5.41) is 0. The standard InChI is InChI=1S/C12H12N6/c13-12-15-7-10(8-16-12)5-4-9-2-1-3-11(6-9)17-18-14/h1-3,6-8,17-18H,14H2,(H2,13,15,16). The highest BCUT2D eigenvalue weighted by Gasteiger charge is 1.92. The first kappa shape index (κ1) is 11.9. The molecule has 0 fully saturated rings. The van der Waals surface area contributed by atoms with Gasteiger partial charge in [0.25, 0.3) is 0 Å². The van der Waals surface area contributed by atoms with Gasteiger partial charge >= 0.3 is 0 Å². The summed E-state index contributed by atoms with van der Waals surface area (Å²) in [5.41, 5.74) is 12.9. The van der Waals surface area contributed by atoms with Gasteiger partial charge in [-0.05, 0) is 18.2 Å². The molecule has 1 aromatic carbocycles. The summed E-state index contributed by atoms with van der Waals surface area (Å²) in [7, 11) is 0. The van der Waals surface area contributed by atoms with E-state index in [-0.39, 0.29) is 5.95 Å². The first-order chi connectivity index (χ1) is 8.78. The summed E-state index contributed by atoms with van der Waals surface area (Å²) in [6, 6.07) is 7.51. The Morgan fingerprint density at radius 2 is 1.78 bits per heavy atom. The third kappa shape index (κ3) is 3.18. The highest BCUT2D eigenvalue weighted by molar-refractivity contribution is 5.51. The van der Waals surface area contributed by atoms with Crippen LogP contribution in [0.15, 0.2) is 36.7 Å². The number of nitrogens with one attached hydrogen (secondary N) is 2. The maximum absolute atomic E-state index is 5.39. The lowest BCUT2D eigenvalue weighted by Gasteiger charge is -2.02. The molecule has 6 N–H and O–H groups in total. The van der Waals surface area contributed by atoms with E-state index in [4.69, 9.17) is 11.6 Å². The Morgan fingerprint density at radius 1 is 1.06 bits per heavy atom. The molecule has 0 spiro atoms. The molecule has 0 bridgehead atoms. The summed E-state index contributed by atoms with van der Waals surface area (Å²) < 4.78 is 0. The van der Waals surface area contributed by atoms with Gasteiger partial charge in [0.1, 0.15) is 0 Å². The van der Waals surface area contributed by atoms with Gasteiger partial charge in [-0.2, -0.15) is 5.53 Å². The number of hydrazine groups is 2. The lowest BCUT2D eigenvalue weighted by atomic mass is 10.2. The van der Waals surface area contributed by atoms with Gasteiger partial charge in [0.05, 0.1) is 11.3 Å². The molecule has 0 aliphatic carbocycles. The Kier molecular flexibility index (Phi) is 3.71. The van der Waals surface area contributed by atoms with Gasteiger partial charge in [0.2, 0.25) is 5.95 Å². The number of nitrogens with zero attached hydrogens (tertiary/aromatic N) is 2. The van der Waals surface area contributed by atoms with Crippen LogP contribution in [0.1, 0.15) is 11.1 Å². The lowest BCUT2D eigenvalue weighted by Crippen LogP contribution is -2.28. The molecular weight excluding hydrogens is 228 g/mol. The van der Waals surface area contributed by atoms with Gasteiger partial charge in [-0.25, -0.2) is 9.97 Å². The van der Waals surface area contributed by atoms with E-state index in [1.807, 2.05) is 24.3 Å². The number of aromatic nitrogens is 2. The molecule has 0 atom stereocenters. The Labute approximate surface area is 104 Å². The van der Waals surface area contributed by atoms with E-state index in [1.54, 1.807) is 12.4 Å². The summed E-state index contributed by atoms with van der Waals surface area (Å²) in [6.45, 7) is 0. The normalized spacial score (nSPS) is 9.39. The molecule has 0 radical (unpaired) electrons. The first-order valence-electron chi connectivity index (χ1n) is 5.19. The largest absolute Gasteiger partial charge is 0.368 e. The quantitative estimate of drug-likeness (QED) is 0.341. The van der Waals surface area contributed by atoms with Crippen molar-refractivity contribution in [2.75, 3.05) is 11.2 Å². The van der Waals surface area contributed by atoms with Gasteiger partial charge in [-0.15, -0.1) is 0 Å². The van der Waals surface area contributed by atoms with Crippen molar-refractivity contribution in [2.45, 2.75) is 0 Å². The van der Waals surface area contributed by atoms with Crippen LogP contribution in [0.5, 0.6) is 0 Å². The van der Waals surface area contributed by atoms with Crippen LogP contribution in [0.25, 0.3) is 0 Å². The second-order valence-electron chi connectivity index (χ2n) is 3.43. The fraction of sp³-hybridized carbons (Fsp3) is 0. The van der Waals surface area contributed by atoms with Crippen LogP contribution >= 0.6 is 0 Å². The molecule has 0 unspecified atom stereocenters. The molecule has 6 nitrogen and oxygen atoms in total. The Hall–Kier alpha value is -2.62. The lowest BCUT2D eigenvalue weighted by molar-refractivity contribution is 0.876. The van der Waals surface area contributed by atoms with Crippen LogP contribution in [0.2, 0.25) is 0 Å². The SMILES string of the molecule is NNNc1cccc(C#Cc2cnc(N)nc2)c1. The van der Waals surface area contributed by atoms with Gasteiger partial charge in [-0.3, -0.25) is 5.84 Å². The van der Waals surface area contributed by atoms with E-state index in [9.17, 15) is 0 Å². The summed E-state index contributed by atoms with van der Waals surface area (Å²) >= 11 is 0. The third-order valence-corrected chi connectivity index (χ3v) is 2.10. The van der Waals surface area contributed by atoms with Crippen LogP contribution < -0.4 is 22.5 Å². The minimum atomic E-state index is 0.237. The molecule has 1 aromatic heterocycles. The number of nitrogen functional groups attached to an aromatic ring is 1. The molecule has 0 amide bonds. The Morgan fingerprint density at radius 3 is 2.50 bits per heavy atom. The number of rotatable bonds is 2. The van der Waals surface area contributed by atoms with Gasteiger partial charge in [0, 0.05) is 18.0 Å². The molecule has 0 aliphatic heterocycles. The van der Waals surface area contributed by atoms with Crippen molar-refractivity contribution in [1.82, 2.24) is 15.5 Å². The number of nitrogens with two attached hydrogens (primary N) is 2. The number of hydrogen-bond acceptors (Lipinski definition) is 6. The van der Waals surface area contributed by atoms with E-state index in [1.165, 1.54) is 0 Å². The maximum Gasteiger partial charge on any atom is 0.219 e. The molecule has 2 aromatic rings. The topological polar surface area (TPSA) is 102 Å². The van der Waals surface area contributed by atoms with Crippen molar-refractivity contribution in [3.05, 3.63) is 47.8 Å². The van der Waals surface area contributed by atoms with Crippen LogP contribution in [0, 0.1) is 11.8 Å². The predicted molar refractivity (Wildman–Crippen MR) is 69.8 cm³/mol. The van der Waals surface area contributed by atoms with E-state index < -0.39 is 0 Å². The minimum absolute atomic E-state index is 0.237. The minimum Gasteiger partial charge on any atom is -0.368 e. The van der Waals surface area contributed by atoms with Gasteiger partial charge in [0.15, 0.2) is 0 Å². The van der Waals surface area contributed by atoms with E-state index in [2.05, 4.69) is 32.8 Å². The average molecular weight is 240 g/mol. The van der Waals surface area contributed by atoms with Crippen LogP contribution in [0.3, 0.4) is 0 Å². The van der Waals surface area contributed by atoms with E-state index in [0.29, 0.717) is 5.56 Å². The second-order valence-corrected chi connectivity index (χ2v) is 3.43. The highest BCUT2D eigenvalue weighted by atomic mass is 15.5. The molecule has 90 valence electrons. The van der Waals surface area contributed by atoms with Crippen LogP contribution in [-0.4, -0.2) is 9.97 Å². The molecule has 1 heterocycles. The average Bonchev–Trinajstić information content (AvgIpc) is 2.39. The van der Waals surface area contributed by atoms with Crippen molar-refractivity contribution in [1.29, 1.82) is 0 Å². The fourth-order valence-corrected chi connectivity index (χ4v) is 1.30. The predicted octanol–water partition coefficient (Wildman–Crippen LogP) is 0.249. The number of benzene rings is 1. The number of hydrogen-bond donors (Lipinski definition) is 4. The summed E-state index contributed by atoms with van der Waals surface area (Å²) in [5.74, 6) is 11.3. The van der Waals surface area contributed by atoms with Gasteiger partial charge < -0.3 is 11.2 Å². The first-order valence-corrected chi connectivity index (χ1v) is 5.19. The summed E-state index contributed by atoms with van der Waals surface area (Å²) in [4.78, 5) is 7.73. The Balaban J connectivity index is 2.18. The molecule has 2 rings (SSSR count). The fourth-order valence-electron chi connectivity index (χ4n) is 1.30. The molecule has 0 saturated heterocycles. The van der Waals surface area contributed by atoms with Crippen molar-refractivity contribution in [3.8, 4) is 11.8 Å². The van der Waals surface area contributed by atoms with Crippen molar-refractivity contribution >= 4 is 11.6 Å². The summed E-state index contributed by atoms with van der Waals surface area (Å²) in [6.07, 6.45) is 3.16. The molecule has 6 heteroatoms. The zero-order valence-corrected chi connectivity index (χ0v) is 9.51. The second kappa shape index (κ2) is 5.63. The van der Waals surface area contributed by atoms with Crippen molar-refractivity contribution in [3.63, 3.8) is 0 Å². The van der Waals surface area contributed by atoms with E-state index >= 15 is 0 Å². The van der Waals surface area contributed by atoms with E-state index in [0.717, 1.165) is 11.3 Å². The van der Waals surface area contributed by atoms with Crippen molar-refractivity contribution < 1.29 is 0 Å². The zero-order chi connectivity index (χ0) is 12.8.